The highest BCUT2D eigenvalue weighted by molar-refractivity contribution is 6.16. The van der Waals surface area contributed by atoms with Gasteiger partial charge in [-0.15, -0.1) is 0 Å². The molecule has 2 aromatic heterocycles. The van der Waals surface area contributed by atoms with Crippen LogP contribution in [-0.2, 0) is 0 Å². The molecule has 7 aromatic carbocycles. The van der Waals surface area contributed by atoms with E-state index in [-0.39, 0.29) is 0 Å². The van der Waals surface area contributed by atoms with Crippen molar-refractivity contribution >= 4 is 21.7 Å². The van der Waals surface area contributed by atoms with E-state index in [0.29, 0.717) is 17.5 Å². The summed E-state index contributed by atoms with van der Waals surface area (Å²) in [4.78, 5) is 20.1. The van der Waals surface area contributed by atoms with Gasteiger partial charge in [-0.25, -0.2) is 19.9 Å². The average molecular weight is 639 g/mol. The molecule has 4 heteroatoms. The van der Waals surface area contributed by atoms with Crippen molar-refractivity contribution in [3.05, 3.63) is 182 Å². The summed E-state index contributed by atoms with van der Waals surface area (Å²) in [7, 11) is 0. The van der Waals surface area contributed by atoms with Gasteiger partial charge in [0.15, 0.2) is 17.5 Å². The first-order valence-corrected chi connectivity index (χ1v) is 16.7. The number of pyridine rings is 1. The van der Waals surface area contributed by atoms with Gasteiger partial charge >= 0.3 is 0 Å². The van der Waals surface area contributed by atoms with Gasteiger partial charge in [0, 0.05) is 33.0 Å². The summed E-state index contributed by atoms with van der Waals surface area (Å²) in [6, 6.07) is 62.9. The summed E-state index contributed by atoms with van der Waals surface area (Å²) in [6.45, 7) is 0. The Hall–Kier alpha value is -6.78. The third kappa shape index (κ3) is 5.49. The fourth-order valence-electron chi connectivity index (χ4n) is 6.64. The highest BCUT2D eigenvalue weighted by Gasteiger charge is 2.17. The number of benzene rings is 7. The predicted octanol–water partition coefficient (Wildman–Crippen LogP) is 11.6. The smallest absolute Gasteiger partial charge is 0.164 e. The van der Waals surface area contributed by atoms with Gasteiger partial charge in [-0.3, -0.25) is 0 Å². The SMILES string of the molecule is c1ccc(-c2cc(-c3ccc(-c4nc(-c5ccccc5)nc(-c5ccccc5)n4)cc3)c3cc(-c4ccccc4)c4ccccc4c3n2)cc1. The lowest BCUT2D eigenvalue weighted by molar-refractivity contribution is 1.07. The molecular weight excluding hydrogens is 609 g/mol. The van der Waals surface area contributed by atoms with Gasteiger partial charge in [-0.05, 0) is 39.8 Å². The van der Waals surface area contributed by atoms with Crippen molar-refractivity contribution < 1.29 is 0 Å². The average Bonchev–Trinajstić information content (AvgIpc) is 3.21. The summed E-state index contributed by atoms with van der Waals surface area (Å²) in [5.41, 5.74) is 10.4. The highest BCUT2D eigenvalue weighted by Crippen LogP contribution is 2.40. The Labute approximate surface area is 290 Å². The van der Waals surface area contributed by atoms with Crippen LogP contribution in [0.2, 0.25) is 0 Å². The third-order valence-electron chi connectivity index (χ3n) is 9.13. The van der Waals surface area contributed by atoms with Crippen molar-refractivity contribution in [1.82, 2.24) is 19.9 Å². The minimum absolute atomic E-state index is 0.631. The second-order valence-corrected chi connectivity index (χ2v) is 12.3. The van der Waals surface area contributed by atoms with E-state index < -0.39 is 0 Å². The van der Waals surface area contributed by atoms with E-state index >= 15 is 0 Å². The molecule has 0 N–H and O–H groups in total. The highest BCUT2D eigenvalue weighted by atomic mass is 15.0. The van der Waals surface area contributed by atoms with Crippen LogP contribution < -0.4 is 0 Å². The Morgan fingerprint density at radius 1 is 0.260 bits per heavy atom. The number of hydrogen-bond donors (Lipinski definition) is 0. The van der Waals surface area contributed by atoms with Gasteiger partial charge in [-0.2, -0.15) is 0 Å². The number of nitrogens with zero attached hydrogens (tertiary/aromatic N) is 4. The van der Waals surface area contributed by atoms with E-state index in [1.54, 1.807) is 0 Å². The maximum Gasteiger partial charge on any atom is 0.164 e. The van der Waals surface area contributed by atoms with E-state index in [4.69, 9.17) is 19.9 Å². The first kappa shape index (κ1) is 29.4. The van der Waals surface area contributed by atoms with Crippen molar-refractivity contribution in [2.24, 2.45) is 0 Å². The number of fused-ring (bicyclic) bond motifs is 3. The summed E-state index contributed by atoms with van der Waals surface area (Å²) in [5.74, 6) is 1.92. The van der Waals surface area contributed by atoms with Gasteiger partial charge in [0.1, 0.15) is 0 Å². The van der Waals surface area contributed by atoms with Crippen molar-refractivity contribution in [3.63, 3.8) is 0 Å². The largest absolute Gasteiger partial charge is 0.247 e. The van der Waals surface area contributed by atoms with E-state index in [1.807, 2.05) is 66.7 Å². The Kier molecular flexibility index (Phi) is 7.45. The van der Waals surface area contributed by atoms with Crippen molar-refractivity contribution in [1.29, 1.82) is 0 Å². The molecule has 0 aliphatic carbocycles. The van der Waals surface area contributed by atoms with Crippen LogP contribution in [0.4, 0.5) is 0 Å². The quantitative estimate of drug-likeness (QED) is 0.170. The van der Waals surface area contributed by atoms with Gasteiger partial charge < -0.3 is 0 Å². The fraction of sp³-hybridized carbons (Fsp3) is 0. The Bertz CT molecular complexity index is 2550. The van der Waals surface area contributed by atoms with E-state index in [0.717, 1.165) is 55.4 Å². The maximum absolute atomic E-state index is 5.31. The predicted molar refractivity (Wildman–Crippen MR) is 205 cm³/mol. The molecule has 0 amide bonds. The molecule has 0 fully saturated rings. The molecule has 0 unspecified atom stereocenters. The van der Waals surface area contributed by atoms with Crippen LogP contribution in [0.3, 0.4) is 0 Å². The molecule has 0 aliphatic heterocycles. The van der Waals surface area contributed by atoms with E-state index in [1.165, 1.54) is 16.5 Å². The molecule has 0 saturated heterocycles. The second kappa shape index (κ2) is 12.7. The number of hydrogen-bond acceptors (Lipinski definition) is 4. The first-order valence-electron chi connectivity index (χ1n) is 16.7. The van der Waals surface area contributed by atoms with Crippen molar-refractivity contribution in [2.45, 2.75) is 0 Å². The van der Waals surface area contributed by atoms with Crippen LogP contribution >= 0.6 is 0 Å². The lowest BCUT2D eigenvalue weighted by Gasteiger charge is -2.16. The van der Waals surface area contributed by atoms with E-state index in [2.05, 4.69) is 115 Å². The van der Waals surface area contributed by atoms with Gasteiger partial charge in [0.2, 0.25) is 0 Å². The molecule has 0 atom stereocenters. The van der Waals surface area contributed by atoms with E-state index in [9.17, 15) is 0 Å². The Balaban J connectivity index is 1.23. The molecule has 9 aromatic rings. The summed E-state index contributed by atoms with van der Waals surface area (Å²) in [5, 5.41) is 3.42. The number of aromatic nitrogens is 4. The number of rotatable bonds is 6. The molecule has 9 rings (SSSR count). The van der Waals surface area contributed by atoms with Crippen molar-refractivity contribution in [2.75, 3.05) is 0 Å². The first-order chi connectivity index (χ1) is 24.8. The normalized spacial score (nSPS) is 11.2. The Morgan fingerprint density at radius 2 is 0.640 bits per heavy atom. The van der Waals surface area contributed by atoms with Gasteiger partial charge in [0.05, 0.1) is 11.2 Å². The maximum atomic E-state index is 5.31. The topological polar surface area (TPSA) is 51.6 Å². The standard InChI is InChI=1S/C46H30N4/c1-5-15-31(16-6-1)39-29-41-40(30-42(33-17-7-2-8-18-33)47-43(41)38-24-14-13-23-37(38)39)32-25-27-36(28-26-32)46-49-44(34-19-9-3-10-20-34)48-45(50-46)35-21-11-4-12-22-35/h1-30H. The molecule has 0 radical (unpaired) electrons. The zero-order valence-electron chi connectivity index (χ0n) is 27.1. The third-order valence-corrected chi connectivity index (χ3v) is 9.13. The zero-order valence-corrected chi connectivity index (χ0v) is 27.1. The molecule has 50 heavy (non-hydrogen) atoms. The lowest BCUT2D eigenvalue weighted by Crippen LogP contribution is -2.00. The van der Waals surface area contributed by atoms with Crippen LogP contribution in [-0.4, -0.2) is 19.9 Å². The van der Waals surface area contributed by atoms with Crippen LogP contribution in [0.5, 0.6) is 0 Å². The minimum Gasteiger partial charge on any atom is -0.247 e. The lowest BCUT2D eigenvalue weighted by atomic mass is 9.91. The van der Waals surface area contributed by atoms with Crippen LogP contribution in [0.15, 0.2) is 182 Å². The summed E-state index contributed by atoms with van der Waals surface area (Å²) < 4.78 is 0. The molecule has 0 saturated carbocycles. The molecule has 2 heterocycles. The molecule has 0 spiro atoms. The monoisotopic (exact) mass is 638 g/mol. The van der Waals surface area contributed by atoms with Crippen molar-refractivity contribution in [3.8, 4) is 67.7 Å². The van der Waals surface area contributed by atoms with Crippen LogP contribution in [0, 0.1) is 0 Å². The van der Waals surface area contributed by atoms with Gasteiger partial charge in [0.25, 0.3) is 0 Å². The Morgan fingerprint density at radius 3 is 1.18 bits per heavy atom. The fourth-order valence-corrected chi connectivity index (χ4v) is 6.64. The van der Waals surface area contributed by atoms with Crippen LogP contribution in [0.25, 0.3) is 89.4 Å². The minimum atomic E-state index is 0.631. The van der Waals surface area contributed by atoms with Gasteiger partial charge in [-0.1, -0.05) is 170 Å². The molecule has 0 bridgehead atoms. The molecule has 4 nitrogen and oxygen atoms in total. The molecule has 0 aliphatic rings. The van der Waals surface area contributed by atoms with Crippen LogP contribution in [0.1, 0.15) is 0 Å². The molecule has 234 valence electrons. The zero-order chi connectivity index (χ0) is 33.3. The summed E-state index contributed by atoms with van der Waals surface area (Å²) in [6.07, 6.45) is 0. The summed E-state index contributed by atoms with van der Waals surface area (Å²) >= 11 is 0. The molecular formula is C46H30N4. The second-order valence-electron chi connectivity index (χ2n) is 12.3.